The molecule has 0 atom stereocenters. The fourth-order valence-corrected chi connectivity index (χ4v) is 0.784. The van der Waals surface area contributed by atoms with Crippen molar-refractivity contribution in [2.24, 2.45) is 5.73 Å². The van der Waals surface area contributed by atoms with Crippen molar-refractivity contribution in [3.05, 3.63) is 18.0 Å². The molecule has 1 rings (SSSR count). The molecule has 0 amide bonds. The molecule has 0 aliphatic carbocycles. The highest BCUT2D eigenvalue weighted by atomic mass is 35.5. The molecule has 0 unspecified atom stereocenters. The molecule has 1 aromatic rings. The Morgan fingerprint density at radius 3 is 2.46 bits per heavy atom. The van der Waals surface area contributed by atoms with Crippen LogP contribution in [0, 0.1) is 0 Å². The second-order valence-corrected chi connectivity index (χ2v) is 2.32. The first-order valence-electron chi connectivity index (χ1n) is 3.30. The average molecular weight is 216 g/mol. The van der Waals surface area contributed by atoms with Crippen LogP contribution >= 0.6 is 12.4 Å². The number of rotatable bonds is 2. The first kappa shape index (κ1) is 12.2. The Hall–Kier alpha value is -0.750. The van der Waals surface area contributed by atoms with E-state index in [2.05, 4.69) is 5.10 Å². The van der Waals surface area contributed by atoms with Crippen LogP contribution < -0.4 is 5.73 Å². The third-order valence-electron chi connectivity index (χ3n) is 1.25. The molecule has 76 valence electrons. The van der Waals surface area contributed by atoms with Gasteiger partial charge in [-0.25, -0.2) is 0 Å². The van der Waals surface area contributed by atoms with Gasteiger partial charge in [-0.1, -0.05) is 0 Å². The third-order valence-corrected chi connectivity index (χ3v) is 1.25. The topological polar surface area (TPSA) is 43.8 Å². The zero-order chi connectivity index (χ0) is 9.19. The van der Waals surface area contributed by atoms with Gasteiger partial charge in [0.25, 0.3) is 0 Å². The van der Waals surface area contributed by atoms with Gasteiger partial charge in [-0.2, -0.15) is 18.3 Å². The summed E-state index contributed by atoms with van der Waals surface area (Å²) in [7, 11) is 0. The molecule has 0 aromatic carbocycles. The van der Waals surface area contributed by atoms with Crippen molar-refractivity contribution in [2.45, 2.75) is 19.3 Å². The smallest absolute Gasteiger partial charge is 0.325 e. The Morgan fingerprint density at radius 1 is 1.46 bits per heavy atom. The Morgan fingerprint density at radius 2 is 2.08 bits per heavy atom. The summed E-state index contributed by atoms with van der Waals surface area (Å²) in [5, 5.41) is 3.59. The molecule has 0 saturated heterocycles. The standard InChI is InChI=1S/C6H8F3N3.ClH/c7-6(8,9)4-12-2-1-5(3-10)11-12;/h1-2H,3-4,10H2;1H. The minimum absolute atomic E-state index is 0. The maximum absolute atomic E-state index is 11.8. The van der Waals surface area contributed by atoms with Gasteiger partial charge in [0.15, 0.2) is 0 Å². The van der Waals surface area contributed by atoms with E-state index in [0.29, 0.717) is 5.69 Å². The van der Waals surface area contributed by atoms with Gasteiger partial charge >= 0.3 is 6.18 Å². The van der Waals surface area contributed by atoms with Crippen molar-refractivity contribution in [1.82, 2.24) is 9.78 Å². The van der Waals surface area contributed by atoms with Crippen molar-refractivity contribution in [1.29, 1.82) is 0 Å². The number of nitrogens with zero attached hydrogens (tertiary/aromatic N) is 2. The van der Waals surface area contributed by atoms with E-state index < -0.39 is 12.7 Å². The molecule has 0 aliphatic rings. The molecular weight excluding hydrogens is 207 g/mol. The lowest BCUT2D eigenvalue weighted by molar-refractivity contribution is -0.142. The Bertz CT molecular complexity index is 258. The zero-order valence-corrected chi connectivity index (χ0v) is 7.40. The van der Waals surface area contributed by atoms with Gasteiger partial charge in [0.1, 0.15) is 6.54 Å². The molecule has 0 aliphatic heterocycles. The highest BCUT2D eigenvalue weighted by Crippen LogP contribution is 2.16. The van der Waals surface area contributed by atoms with E-state index in [4.69, 9.17) is 5.73 Å². The van der Waals surface area contributed by atoms with Crippen LogP contribution in [0.2, 0.25) is 0 Å². The summed E-state index contributed by atoms with van der Waals surface area (Å²) in [5.74, 6) is 0. The van der Waals surface area contributed by atoms with Gasteiger partial charge in [0.2, 0.25) is 0 Å². The normalized spacial score (nSPS) is 11.1. The van der Waals surface area contributed by atoms with Crippen LogP contribution in [0.25, 0.3) is 0 Å². The number of aromatic nitrogens is 2. The number of halogens is 4. The van der Waals surface area contributed by atoms with Gasteiger partial charge in [-0.3, -0.25) is 4.68 Å². The second kappa shape index (κ2) is 4.48. The number of alkyl halides is 3. The second-order valence-electron chi connectivity index (χ2n) is 2.32. The molecule has 0 bridgehead atoms. The molecule has 0 radical (unpaired) electrons. The zero-order valence-electron chi connectivity index (χ0n) is 6.58. The van der Waals surface area contributed by atoms with Crippen molar-refractivity contribution >= 4 is 12.4 Å². The summed E-state index contributed by atoms with van der Waals surface area (Å²) in [6.07, 6.45) is -2.96. The molecule has 2 N–H and O–H groups in total. The van der Waals surface area contributed by atoms with Crippen LogP contribution in [0.1, 0.15) is 5.69 Å². The van der Waals surface area contributed by atoms with E-state index in [-0.39, 0.29) is 19.0 Å². The first-order valence-corrected chi connectivity index (χ1v) is 3.30. The van der Waals surface area contributed by atoms with E-state index >= 15 is 0 Å². The lowest BCUT2D eigenvalue weighted by atomic mass is 10.4. The highest BCUT2D eigenvalue weighted by molar-refractivity contribution is 5.85. The van der Waals surface area contributed by atoms with Crippen molar-refractivity contribution in [2.75, 3.05) is 0 Å². The molecule has 13 heavy (non-hydrogen) atoms. The highest BCUT2D eigenvalue weighted by Gasteiger charge is 2.28. The maximum Gasteiger partial charge on any atom is 0.408 e. The van der Waals surface area contributed by atoms with E-state index in [1.54, 1.807) is 0 Å². The number of hydrogen-bond acceptors (Lipinski definition) is 2. The monoisotopic (exact) mass is 215 g/mol. The Labute approximate surface area is 79.1 Å². The molecule has 0 spiro atoms. The molecule has 0 saturated carbocycles. The van der Waals surface area contributed by atoms with Crippen LogP contribution in [0.4, 0.5) is 13.2 Å². The number of nitrogens with two attached hydrogens (primary N) is 1. The fraction of sp³-hybridized carbons (Fsp3) is 0.500. The van der Waals surface area contributed by atoms with Gasteiger partial charge in [-0.15, -0.1) is 12.4 Å². The summed E-state index contributed by atoms with van der Waals surface area (Å²) in [4.78, 5) is 0. The Balaban J connectivity index is 0.00000144. The van der Waals surface area contributed by atoms with Crippen LogP contribution in [0.3, 0.4) is 0 Å². The van der Waals surface area contributed by atoms with Crippen LogP contribution in [0.15, 0.2) is 12.3 Å². The minimum atomic E-state index is -4.22. The van der Waals surface area contributed by atoms with Crippen molar-refractivity contribution in [3.63, 3.8) is 0 Å². The minimum Gasteiger partial charge on any atom is -0.325 e. The van der Waals surface area contributed by atoms with Crippen molar-refractivity contribution < 1.29 is 13.2 Å². The van der Waals surface area contributed by atoms with Gasteiger partial charge in [0.05, 0.1) is 5.69 Å². The quantitative estimate of drug-likeness (QED) is 0.809. The summed E-state index contributed by atoms with van der Waals surface area (Å²) in [6.45, 7) is -0.905. The Kier molecular flexibility index (Phi) is 4.22. The van der Waals surface area contributed by atoms with E-state index in [9.17, 15) is 13.2 Å². The molecule has 7 heteroatoms. The lowest BCUT2D eigenvalue weighted by Gasteiger charge is -2.04. The lowest BCUT2D eigenvalue weighted by Crippen LogP contribution is -2.18. The van der Waals surface area contributed by atoms with Gasteiger partial charge < -0.3 is 5.73 Å². The molecule has 1 aromatic heterocycles. The predicted molar refractivity (Wildman–Crippen MR) is 43.4 cm³/mol. The van der Waals surface area contributed by atoms with E-state index in [1.165, 1.54) is 12.3 Å². The fourth-order valence-electron chi connectivity index (χ4n) is 0.784. The maximum atomic E-state index is 11.8. The van der Waals surface area contributed by atoms with Gasteiger partial charge in [0, 0.05) is 12.7 Å². The third kappa shape index (κ3) is 4.14. The molecular formula is C6H9ClF3N3. The van der Waals surface area contributed by atoms with Gasteiger partial charge in [-0.05, 0) is 6.07 Å². The van der Waals surface area contributed by atoms with Crippen LogP contribution in [0.5, 0.6) is 0 Å². The summed E-state index contributed by atoms with van der Waals surface area (Å²) in [5.41, 5.74) is 5.63. The summed E-state index contributed by atoms with van der Waals surface area (Å²) >= 11 is 0. The van der Waals surface area contributed by atoms with Crippen LogP contribution in [-0.2, 0) is 13.1 Å². The molecule has 1 heterocycles. The SMILES string of the molecule is Cl.NCc1ccn(CC(F)(F)F)n1. The predicted octanol–water partition coefficient (Wildman–Crippen LogP) is 1.33. The molecule has 3 nitrogen and oxygen atoms in total. The molecule has 0 fully saturated rings. The van der Waals surface area contributed by atoms with Crippen LogP contribution in [-0.4, -0.2) is 16.0 Å². The van der Waals surface area contributed by atoms with E-state index in [1.807, 2.05) is 0 Å². The average Bonchev–Trinajstić information content (AvgIpc) is 2.32. The first-order chi connectivity index (χ1) is 5.51. The number of hydrogen-bond donors (Lipinski definition) is 1. The van der Waals surface area contributed by atoms with E-state index in [0.717, 1.165) is 4.68 Å². The summed E-state index contributed by atoms with van der Waals surface area (Å²) in [6, 6.07) is 1.46. The largest absolute Gasteiger partial charge is 0.408 e. The van der Waals surface area contributed by atoms with Crippen molar-refractivity contribution in [3.8, 4) is 0 Å². The summed E-state index contributed by atoms with van der Waals surface area (Å²) < 4.78 is 36.1.